The molecule has 0 aliphatic heterocycles. The van der Waals surface area contributed by atoms with E-state index in [1.165, 1.54) is 18.2 Å². The first-order valence-corrected chi connectivity index (χ1v) is 9.29. The fourth-order valence-corrected chi connectivity index (χ4v) is 3.55. The summed E-state index contributed by atoms with van der Waals surface area (Å²) < 4.78 is 26.6. The Hall–Kier alpha value is -1.32. The van der Waals surface area contributed by atoms with E-state index in [4.69, 9.17) is 5.73 Å². The number of nitrogen functional groups attached to an aromatic ring is 1. The van der Waals surface area contributed by atoms with Gasteiger partial charge in [0.15, 0.2) is 4.90 Å². The van der Waals surface area contributed by atoms with E-state index in [1.54, 1.807) is 11.8 Å². The highest BCUT2D eigenvalue weighted by molar-refractivity contribution is 7.98. The summed E-state index contributed by atoms with van der Waals surface area (Å²) in [6.07, 6.45) is 4.63. The summed E-state index contributed by atoms with van der Waals surface area (Å²) in [5.41, 5.74) is 4.75. The number of anilines is 1. The molecule has 0 aliphatic rings. The molecule has 0 saturated heterocycles. The van der Waals surface area contributed by atoms with Crippen molar-refractivity contribution in [2.24, 2.45) is 0 Å². The quantitative estimate of drug-likeness (QED) is 0.309. The van der Waals surface area contributed by atoms with Crippen molar-refractivity contribution in [2.75, 3.05) is 24.3 Å². The van der Waals surface area contributed by atoms with E-state index in [0.717, 1.165) is 18.6 Å². The maximum absolute atomic E-state index is 12.1. The third-order valence-electron chi connectivity index (χ3n) is 2.82. The Morgan fingerprint density at radius 3 is 2.67 bits per heavy atom. The maximum atomic E-state index is 12.1. The fourth-order valence-electron chi connectivity index (χ4n) is 1.78. The van der Waals surface area contributed by atoms with Crippen LogP contribution < -0.4 is 10.5 Å². The van der Waals surface area contributed by atoms with Crippen LogP contribution in [0.1, 0.15) is 19.3 Å². The Morgan fingerprint density at radius 2 is 2.05 bits per heavy atom. The molecule has 9 heteroatoms. The Kier molecular flexibility index (Phi) is 6.93. The highest BCUT2D eigenvalue weighted by atomic mass is 32.2. The largest absolute Gasteiger partial charge is 0.393 e. The number of benzene rings is 1. The van der Waals surface area contributed by atoms with Crippen molar-refractivity contribution in [3.05, 3.63) is 28.3 Å². The van der Waals surface area contributed by atoms with Crippen molar-refractivity contribution in [1.82, 2.24) is 4.72 Å². The van der Waals surface area contributed by atoms with E-state index in [-0.39, 0.29) is 12.2 Å². The highest BCUT2D eigenvalue weighted by Gasteiger charge is 2.27. The van der Waals surface area contributed by atoms with Crippen molar-refractivity contribution >= 4 is 33.2 Å². The van der Waals surface area contributed by atoms with Gasteiger partial charge in [0.2, 0.25) is 10.0 Å². The molecule has 3 N–H and O–H groups in total. The molecule has 0 fully saturated rings. The van der Waals surface area contributed by atoms with E-state index in [1.807, 2.05) is 6.26 Å². The summed E-state index contributed by atoms with van der Waals surface area (Å²) in [4.78, 5) is 9.80. The van der Waals surface area contributed by atoms with Gasteiger partial charge in [-0.25, -0.2) is 13.1 Å². The molecule has 1 aromatic carbocycles. The van der Waals surface area contributed by atoms with Gasteiger partial charge in [0.05, 0.1) is 4.92 Å². The molecule has 1 rings (SSSR count). The minimum absolute atomic E-state index is 0.164. The molecule has 118 valence electrons. The topological polar surface area (TPSA) is 115 Å². The van der Waals surface area contributed by atoms with Gasteiger partial charge in [0.1, 0.15) is 5.69 Å². The summed E-state index contributed by atoms with van der Waals surface area (Å²) in [6, 6.07) is 3.87. The van der Waals surface area contributed by atoms with Crippen molar-refractivity contribution < 1.29 is 13.3 Å². The Bertz CT molecular complexity index is 590. The van der Waals surface area contributed by atoms with Crippen molar-refractivity contribution in [1.29, 1.82) is 0 Å². The molecule has 0 spiro atoms. The zero-order valence-corrected chi connectivity index (χ0v) is 13.4. The number of sulfonamides is 1. The van der Waals surface area contributed by atoms with Crippen LogP contribution >= 0.6 is 11.8 Å². The maximum Gasteiger partial charge on any atom is 0.312 e. The van der Waals surface area contributed by atoms with E-state index in [0.29, 0.717) is 6.42 Å². The molecule has 0 saturated carbocycles. The lowest BCUT2D eigenvalue weighted by molar-refractivity contribution is -0.386. The molecule has 21 heavy (non-hydrogen) atoms. The number of nitrogens with two attached hydrogens (primary N) is 1. The molecule has 0 radical (unpaired) electrons. The van der Waals surface area contributed by atoms with Crippen LogP contribution in [0.25, 0.3) is 0 Å². The number of hydrogen-bond acceptors (Lipinski definition) is 6. The van der Waals surface area contributed by atoms with Gasteiger partial charge in [0, 0.05) is 6.54 Å². The second-order valence-corrected chi connectivity index (χ2v) is 7.12. The zero-order valence-electron chi connectivity index (χ0n) is 11.7. The van der Waals surface area contributed by atoms with E-state index < -0.39 is 25.5 Å². The van der Waals surface area contributed by atoms with Gasteiger partial charge in [-0.05, 0) is 37.0 Å². The summed E-state index contributed by atoms with van der Waals surface area (Å²) in [6.45, 7) is 0.253. The Labute approximate surface area is 128 Å². The molecular weight excluding hydrogens is 314 g/mol. The van der Waals surface area contributed by atoms with Gasteiger partial charge in [0.25, 0.3) is 0 Å². The van der Waals surface area contributed by atoms with Gasteiger partial charge in [-0.15, -0.1) is 0 Å². The molecule has 0 bridgehead atoms. The van der Waals surface area contributed by atoms with Crippen LogP contribution in [-0.2, 0) is 10.0 Å². The van der Waals surface area contributed by atoms with Crippen LogP contribution in [0.3, 0.4) is 0 Å². The SMILES string of the molecule is CSCCCCCNS(=O)(=O)c1cccc(N)c1[N+](=O)[O-]. The summed E-state index contributed by atoms with van der Waals surface area (Å²) in [7, 11) is -3.93. The third-order valence-corrected chi connectivity index (χ3v) is 5.01. The lowest BCUT2D eigenvalue weighted by Gasteiger charge is -2.08. The van der Waals surface area contributed by atoms with Crippen LogP contribution in [0, 0.1) is 10.1 Å². The number of nitrogens with zero attached hydrogens (tertiary/aromatic N) is 1. The first-order chi connectivity index (χ1) is 9.90. The smallest absolute Gasteiger partial charge is 0.312 e. The minimum atomic E-state index is -3.93. The van der Waals surface area contributed by atoms with Crippen LogP contribution in [0.5, 0.6) is 0 Å². The predicted molar refractivity (Wildman–Crippen MR) is 84.9 cm³/mol. The number of thioether (sulfide) groups is 1. The van der Waals surface area contributed by atoms with E-state index in [9.17, 15) is 18.5 Å². The second kappa shape index (κ2) is 8.20. The summed E-state index contributed by atoms with van der Waals surface area (Å²) in [5.74, 6) is 1.04. The first-order valence-electron chi connectivity index (χ1n) is 6.41. The molecule has 7 nitrogen and oxygen atoms in total. The zero-order chi connectivity index (χ0) is 15.9. The molecule has 0 unspecified atom stereocenters. The molecular formula is C12H19N3O4S2. The second-order valence-electron chi connectivity index (χ2n) is 4.40. The minimum Gasteiger partial charge on any atom is -0.393 e. The van der Waals surface area contributed by atoms with E-state index in [2.05, 4.69) is 4.72 Å². The predicted octanol–water partition coefficient (Wildman–Crippen LogP) is 1.99. The average molecular weight is 333 g/mol. The normalized spacial score (nSPS) is 11.5. The van der Waals surface area contributed by atoms with Crippen LogP contribution in [0.15, 0.2) is 23.1 Å². The molecule has 0 atom stereocenters. The number of nitrogens with one attached hydrogen (secondary N) is 1. The number of unbranched alkanes of at least 4 members (excludes halogenated alkanes) is 2. The molecule has 0 aromatic heterocycles. The molecule has 0 aliphatic carbocycles. The molecule has 0 heterocycles. The van der Waals surface area contributed by atoms with E-state index >= 15 is 0 Å². The number of hydrogen-bond donors (Lipinski definition) is 2. The van der Waals surface area contributed by atoms with Crippen molar-refractivity contribution in [3.8, 4) is 0 Å². The lowest BCUT2D eigenvalue weighted by atomic mass is 10.2. The standard InChI is InChI=1S/C12H19N3O4S2/c1-20-9-4-2-3-8-14-21(18,19)11-7-5-6-10(13)12(11)15(16)17/h5-7,14H,2-4,8-9,13H2,1H3. The van der Waals surface area contributed by atoms with Gasteiger partial charge < -0.3 is 5.73 Å². The van der Waals surface area contributed by atoms with Gasteiger partial charge in [-0.3, -0.25) is 10.1 Å². The average Bonchev–Trinajstić information content (AvgIpc) is 2.42. The van der Waals surface area contributed by atoms with Crippen molar-refractivity contribution in [2.45, 2.75) is 24.2 Å². The Balaban J connectivity index is 2.75. The molecule has 1 aromatic rings. The summed E-state index contributed by atoms with van der Waals surface area (Å²) >= 11 is 1.74. The lowest BCUT2D eigenvalue weighted by Crippen LogP contribution is -2.25. The van der Waals surface area contributed by atoms with Crippen molar-refractivity contribution in [3.63, 3.8) is 0 Å². The number of nitro groups is 1. The Morgan fingerprint density at radius 1 is 1.33 bits per heavy atom. The van der Waals surface area contributed by atoms with Gasteiger partial charge in [-0.2, -0.15) is 11.8 Å². The summed E-state index contributed by atoms with van der Waals surface area (Å²) in [5, 5.41) is 11.0. The molecule has 0 amide bonds. The van der Waals surface area contributed by atoms with Gasteiger partial charge >= 0.3 is 5.69 Å². The number of rotatable bonds is 9. The monoisotopic (exact) mass is 333 g/mol. The van der Waals surface area contributed by atoms with Crippen LogP contribution in [-0.4, -0.2) is 31.9 Å². The third kappa shape index (κ3) is 5.18. The number of nitro benzene ring substituents is 1. The fraction of sp³-hybridized carbons (Fsp3) is 0.500. The number of para-hydroxylation sites is 1. The van der Waals surface area contributed by atoms with Crippen LogP contribution in [0.2, 0.25) is 0 Å². The highest BCUT2D eigenvalue weighted by Crippen LogP contribution is 2.29. The first kappa shape index (κ1) is 17.7. The van der Waals surface area contributed by atoms with Crippen LogP contribution in [0.4, 0.5) is 11.4 Å². The van der Waals surface area contributed by atoms with Gasteiger partial charge in [-0.1, -0.05) is 12.5 Å².